The van der Waals surface area contributed by atoms with Gasteiger partial charge in [0.1, 0.15) is 0 Å². The first-order valence-corrected chi connectivity index (χ1v) is 6.81. The van der Waals surface area contributed by atoms with Crippen LogP contribution in [0.1, 0.15) is 40.0 Å². The Hall–Kier alpha value is -0.120. The van der Waals surface area contributed by atoms with Crippen LogP contribution in [-0.4, -0.2) is 48.3 Å². The molecule has 3 heteroatoms. The molecule has 1 saturated heterocycles. The minimum absolute atomic E-state index is 0.161. The van der Waals surface area contributed by atoms with Crippen LogP contribution >= 0.6 is 0 Å². The number of rotatable bonds is 6. The zero-order valence-corrected chi connectivity index (χ0v) is 11.1. The number of aliphatic hydroxyl groups is 1. The lowest BCUT2D eigenvalue weighted by Crippen LogP contribution is -2.49. The fraction of sp³-hybridized carbons (Fsp3) is 1.00. The van der Waals surface area contributed by atoms with E-state index in [2.05, 4.69) is 24.1 Å². The summed E-state index contributed by atoms with van der Waals surface area (Å²) in [5, 5.41) is 12.9. The molecule has 1 rings (SSSR count). The molecule has 96 valence electrons. The van der Waals surface area contributed by atoms with Gasteiger partial charge in [-0.05, 0) is 38.8 Å². The molecule has 0 aromatic rings. The zero-order chi connectivity index (χ0) is 12.0. The van der Waals surface area contributed by atoms with Crippen molar-refractivity contribution in [1.29, 1.82) is 0 Å². The molecule has 0 amide bonds. The van der Waals surface area contributed by atoms with Gasteiger partial charge in [0.25, 0.3) is 0 Å². The average Bonchev–Trinajstić information content (AvgIpc) is 2.28. The highest BCUT2D eigenvalue weighted by atomic mass is 16.3. The Morgan fingerprint density at radius 2 is 2.19 bits per heavy atom. The Bertz CT molecular complexity index is 185. The standard InChI is InChI=1S/C13H28N2O/c1-4-12-10-15(8-6-11(3)16)9-7-13(12)14-5-2/h11-14,16H,4-10H2,1-3H3. The molecule has 3 unspecified atom stereocenters. The second-order valence-corrected chi connectivity index (χ2v) is 5.06. The third-order valence-corrected chi connectivity index (χ3v) is 3.67. The molecule has 3 nitrogen and oxygen atoms in total. The maximum atomic E-state index is 9.30. The molecule has 2 N–H and O–H groups in total. The highest BCUT2D eigenvalue weighted by molar-refractivity contribution is 4.84. The third kappa shape index (κ3) is 4.40. The van der Waals surface area contributed by atoms with Gasteiger partial charge in [0.2, 0.25) is 0 Å². The van der Waals surface area contributed by atoms with Crippen LogP contribution in [0.25, 0.3) is 0 Å². The molecule has 0 aromatic heterocycles. The molecule has 0 aromatic carbocycles. The highest BCUT2D eigenvalue weighted by Crippen LogP contribution is 2.20. The van der Waals surface area contributed by atoms with Gasteiger partial charge in [-0.3, -0.25) is 0 Å². The number of hydrogen-bond acceptors (Lipinski definition) is 3. The lowest BCUT2D eigenvalue weighted by Gasteiger charge is -2.38. The van der Waals surface area contributed by atoms with E-state index >= 15 is 0 Å². The predicted molar refractivity (Wildman–Crippen MR) is 68.6 cm³/mol. The van der Waals surface area contributed by atoms with E-state index in [-0.39, 0.29) is 6.10 Å². The molecular formula is C13H28N2O. The lowest BCUT2D eigenvalue weighted by atomic mass is 9.89. The van der Waals surface area contributed by atoms with Gasteiger partial charge in [-0.2, -0.15) is 0 Å². The van der Waals surface area contributed by atoms with Crippen LogP contribution < -0.4 is 5.32 Å². The van der Waals surface area contributed by atoms with Crippen LogP contribution in [-0.2, 0) is 0 Å². The van der Waals surface area contributed by atoms with Crippen LogP contribution in [0.2, 0.25) is 0 Å². The molecule has 3 atom stereocenters. The van der Waals surface area contributed by atoms with Crippen molar-refractivity contribution < 1.29 is 5.11 Å². The van der Waals surface area contributed by atoms with Crippen LogP contribution in [0.15, 0.2) is 0 Å². The van der Waals surface area contributed by atoms with Crippen molar-refractivity contribution in [2.45, 2.75) is 52.2 Å². The number of aliphatic hydroxyl groups excluding tert-OH is 1. The molecule has 0 bridgehead atoms. The molecule has 1 fully saturated rings. The number of piperidine rings is 1. The van der Waals surface area contributed by atoms with Crippen LogP contribution in [0.4, 0.5) is 0 Å². The van der Waals surface area contributed by atoms with E-state index in [0.717, 1.165) is 25.4 Å². The smallest absolute Gasteiger partial charge is 0.0524 e. The molecular weight excluding hydrogens is 200 g/mol. The van der Waals surface area contributed by atoms with Crippen molar-refractivity contribution >= 4 is 0 Å². The van der Waals surface area contributed by atoms with Crippen molar-refractivity contribution in [3.05, 3.63) is 0 Å². The topological polar surface area (TPSA) is 35.5 Å². The highest BCUT2D eigenvalue weighted by Gasteiger charge is 2.26. The van der Waals surface area contributed by atoms with E-state index in [1.165, 1.54) is 25.9 Å². The summed E-state index contributed by atoms with van der Waals surface area (Å²) in [6.45, 7) is 10.9. The number of nitrogens with one attached hydrogen (secondary N) is 1. The van der Waals surface area contributed by atoms with Crippen LogP contribution in [0, 0.1) is 5.92 Å². The minimum atomic E-state index is -0.161. The predicted octanol–water partition coefficient (Wildman–Crippen LogP) is 1.47. The summed E-state index contributed by atoms with van der Waals surface area (Å²) >= 11 is 0. The molecule has 1 aliphatic heterocycles. The fourth-order valence-electron chi connectivity index (χ4n) is 2.62. The summed E-state index contributed by atoms with van der Waals surface area (Å²) in [6, 6.07) is 0.706. The summed E-state index contributed by atoms with van der Waals surface area (Å²) in [7, 11) is 0. The van der Waals surface area contributed by atoms with Crippen molar-refractivity contribution in [3.63, 3.8) is 0 Å². The van der Waals surface area contributed by atoms with E-state index < -0.39 is 0 Å². The zero-order valence-electron chi connectivity index (χ0n) is 11.1. The van der Waals surface area contributed by atoms with E-state index in [0.29, 0.717) is 6.04 Å². The Morgan fingerprint density at radius 3 is 2.75 bits per heavy atom. The van der Waals surface area contributed by atoms with Crippen molar-refractivity contribution in [2.75, 3.05) is 26.2 Å². The first kappa shape index (κ1) is 13.9. The van der Waals surface area contributed by atoms with Crippen LogP contribution in [0.5, 0.6) is 0 Å². The number of hydrogen-bond donors (Lipinski definition) is 2. The van der Waals surface area contributed by atoms with E-state index in [1.54, 1.807) is 0 Å². The van der Waals surface area contributed by atoms with Gasteiger partial charge in [-0.15, -0.1) is 0 Å². The van der Waals surface area contributed by atoms with Gasteiger partial charge in [-0.1, -0.05) is 20.3 Å². The third-order valence-electron chi connectivity index (χ3n) is 3.67. The van der Waals surface area contributed by atoms with Gasteiger partial charge >= 0.3 is 0 Å². The van der Waals surface area contributed by atoms with Crippen molar-refractivity contribution in [2.24, 2.45) is 5.92 Å². The summed E-state index contributed by atoms with van der Waals surface area (Å²) in [5.74, 6) is 0.780. The van der Waals surface area contributed by atoms with Gasteiger partial charge in [0, 0.05) is 19.1 Å². The second kappa shape index (κ2) is 7.25. The Balaban J connectivity index is 2.33. The number of likely N-dealkylation sites (tertiary alicyclic amines) is 1. The summed E-state index contributed by atoms with van der Waals surface area (Å²) in [6.07, 6.45) is 3.25. The lowest BCUT2D eigenvalue weighted by molar-refractivity contribution is 0.108. The van der Waals surface area contributed by atoms with E-state index in [9.17, 15) is 5.11 Å². The summed E-state index contributed by atoms with van der Waals surface area (Å²) in [4.78, 5) is 2.51. The van der Waals surface area contributed by atoms with Gasteiger partial charge < -0.3 is 15.3 Å². The monoisotopic (exact) mass is 228 g/mol. The molecule has 1 heterocycles. The normalized spacial score (nSPS) is 29.2. The van der Waals surface area contributed by atoms with E-state index in [4.69, 9.17) is 0 Å². The Kier molecular flexibility index (Phi) is 6.32. The Morgan fingerprint density at radius 1 is 1.44 bits per heavy atom. The maximum Gasteiger partial charge on any atom is 0.0524 e. The van der Waals surface area contributed by atoms with E-state index in [1.807, 2.05) is 6.92 Å². The second-order valence-electron chi connectivity index (χ2n) is 5.06. The van der Waals surface area contributed by atoms with Crippen molar-refractivity contribution in [1.82, 2.24) is 10.2 Å². The molecule has 16 heavy (non-hydrogen) atoms. The van der Waals surface area contributed by atoms with Crippen LogP contribution in [0.3, 0.4) is 0 Å². The summed E-state index contributed by atoms with van der Waals surface area (Å²) in [5.41, 5.74) is 0. The Labute approximate surface area is 100 Å². The molecule has 0 radical (unpaired) electrons. The number of nitrogens with zero attached hydrogens (tertiary/aromatic N) is 1. The van der Waals surface area contributed by atoms with Gasteiger partial charge in [0.15, 0.2) is 0 Å². The largest absolute Gasteiger partial charge is 0.393 e. The maximum absolute atomic E-state index is 9.30. The van der Waals surface area contributed by atoms with Crippen molar-refractivity contribution in [3.8, 4) is 0 Å². The van der Waals surface area contributed by atoms with Gasteiger partial charge in [0.05, 0.1) is 6.10 Å². The molecule has 0 saturated carbocycles. The fourth-order valence-corrected chi connectivity index (χ4v) is 2.62. The molecule has 0 aliphatic carbocycles. The first-order chi connectivity index (χ1) is 7.67. The quantitative estimate of drug-likeness (QED) is 0.722. The SMILES string of the molecule is CCNC1CCN(CCC(C)O)CC1CC. The first-order valence-electron chi connectivity index (χ1n) is 6.81. The average molecular weight is 228 g/mol. The van der Waals surface area contributed by atoms with Gasteiger partial charge in [-0.25, -0.2) is 0 Å². The molecule has 0 spiro atoms. The minimum Gasteiger partial charge on any atom is -0.393 e. The summed E-state index contributed by atoms with van der Waals surface area (Å²) < 4.78 is 0. The molecule has 1 aliphatic rings.